The normalized spacial score (nSPS) is 13.6. The molecule has 0 heterocycles. The number of halogens is 6. The van der Waals surface area contributed by atoms with Crippen LogP contribution >= 0.6 is 7.60 Å². The smallest absolute Gasteiger partial charge is 0.305 e. The molecule has 0 saturated heterocycles. The molecule has 0 bridgehead atoms. The molecule has 0 aliphatic carbocycles. The van der Waals surface area contributed by atoms with Gasteiger partial charge in [0.25, 0.3) is 0 Å². The third-order valence-electron chi connectivity index (χ3n) is 2.80. The Morgan fingerprint density at radius 1 is 0.913 bits per heavy atom. The summed E-state index contributed by atoms with van der Waals surface area (Å²) in [5.74, 6) is -3.61. The summed E-state index contributed by atoms with van der Waals surface area (Å²) in [6.45, 7) is 3.08. The zero-order valence-electron chi connectivity index (χ0n) is 12.2. The van der Waals surface area contributed by atoms with Crippen molar-refractivity contribution in [2.75, 3.05) is 13.2 Å². The van der Waals surface area contributed by atoms with Crippen LogP contribution in [0.4, 0.5) is 26.3 Å². The third kappa shape index (κ3) is 4.96. The van der Waals surface area contributed by atoms with Crippen molar-refractivity contribution >= 4 is 12.9 Å². The fourth-order valence-corrected chi connectivity index (χ4v) is 3.51. The van der Waals surface area contributed by atoms with Crippen LogP contribution in [0.5, 0.6) is 0 Å². The van der Waals surface area contributed by atoms with E-state index in [0.29, 0.717) is 12.1 Å². The Morgan fingerprint density at radius 3 is 1.61 bits per heavy atom. The Kier molecular flexibility index (Phi) is 6.29. The van der Waals surface area contributed by atoms with Gasteiger partial charge >= 0.3 is 19.9 Å². The van der Waals surface area contributed by atoms with E-state index >= 15 is 0 Å². The Hall–Kier alpha value is -1.05. The second kappa shape index (κ2) is 7.23. The second-order valence-corrected chi connectivity index (χ2v) is 6.47. The van der Waals surface area contributed by atoms with Crippen molar-refractivity contribution in [3.63, 3.8) is 0 Å². The van der Waals surface area contributed by atoms with E-state index in [1.54, 1.807) is 0 Å². The van der Waals surface area contributed by atoms with Gasteiger partial charge in [0.05, 0.1) is 18.5 Å². The maximum atomic E-state index is 12.7. The topological polar surface area (TPSA) is 35.5 Å². The molecule has 0 saturated carbocycles. The first-order chi connectivity index (χ1) is 10.5. The van der Waals surface area contributed by atoms with E-state index in [4.69, 9.17) is 9.05 Å². The number of rotatable bonds is 6. The molecule has 0 aliphatic heterocycles. The summed E-state index contributed by atoms with van der Waals surface area (Å²) in [5, 5.41) is -0.104. The lowest BCUT2D eigenvalue weighted by molar-refractivity contribution is -0.253. The first-order valence-electron chi connectivity index (χ1n) is 6.58. The van der Waals surface area contributed by atoms with E-state index in [9.17, 15) is 30.9 Å². The fraction of sp³-hybridized carbons (Fsp3) is 0.538. The molecule has 0 N–H and O–H groups in total. The molecule has 0 unspecified atom stereocenters. The first-order valence-corrected chi connectivity index (χ1v) is 8.13. The molecule has 10 heteroatoms. The van der Waals surface area contributed by atoms with E-state index < -0.39 is 31.4 Å². The highest BCUT2D eigenvalue weighted by Gasteiger charge is 2.57. The van der Waals surface area contributed by atoms with Gasteiger partial charge in [0, 0.05) is 0 Å². The highest BCUT2D eigenvalue weighted by Crippen LogP contribution is 2.49. The minimum absolute atomic E-state index is 0.00670. The van der Waals surface area contributed by atoms with Crippen LogP contribution in [-0.4, -0.2) is 25.6 Å². The minimum Gasteiger partial charge on any atom is -0.305 e. The van der Waals surface area contributed by atoms with Gasteiger partial charge in [0.15, 0.2) is 5.92 Å². The van der Waals surface area contributed by atoms with Crippen molar-refractivity contribution in [2.45, 2.75) is 32.1 Å². The van der Waals surface area contributed by atoms with Crippen LogP contribution in [0, 0.1) is 0 Å². The second-order valence-electron chi connectivity index (χ2n) is 4.44. The molecule has 0 fully saturated rings. The number of alkyl halides is 6. The summed E-state index contributed by atoms with van der Waals surface area (Å²) >= 11 is 0. The minimum atomic E-state index is -5.48. The van der Waals surface area contributed by atoms with Crippen LogP contribution < -0.4 is 5.30 Å². The van der Waals surface area contributed by atoms with Crippen molar-refractivity contribution in [2.24, 2.45) is 0 Å². The predicted octanol–water partition coefficient (Wildman–Crippen LogP) is 4.79. The molecule has 1 aromatic carbocycles. The maximum absolute atomic E-state index is 12.7. The Labute approximate surface area is 129 Å². The van der Waals surface area contributed by atoms with Gasteiger partial charge in [-0.1, -0.05) is 12.1 Å². The van der Waals surface area contributed by atoms with Gasteiger partial charge < -0.3 is 9.05 Å². The fourth-order valence-electron chi connectivity index (χ4n) is 1.94. The van der Waals surface area contributed by atoms with E-state index in [2.05, 4.69) is 0 Å². The molecule has 0 aromatic heterocycles. The average Bonchev–Trinajstić information content (AvgIpc) is 2.36. The molecule has 23 heavy (non-hydrogen) atoms. The summed E-state index contributed by atoms with van der Waals surface area (Å²) in [4.78, 5) is 0. The summed E-state index contributed by atoms with van der Waals surface area (Å²) < 4.78 is 98.3. The largest absolute Gasteiger partial charge is 0.404 e. The molecular weight excluding hydrogens is 349 g/mol. The number of hydrogen-bond acceptors (Lipinski definition) is 3. The average molecular weight is 364 g/mol. The van der Waals surface area contributed by atoms with E-state index in [1.165, 1.54) is 13.8 Å². The van der Waals surface area contributed by atoms with E-state index in [-0.39, 0.29) is 18.5 Å². The van der Waals surface area contributed by atoms with Gasteiger partial charge in [-0.2, -0.15) is 26.3 Å². The SMILES string of the molecule is CCOP(=O)(OCC)c1ccc(C(C(F)(F)F)C(F)(F)F)cc1. The van der Waals surface area contributed by atoms with Gasteiger partial charge in [-0.05, 0) is 31.5 Å². The molecule has 132 valence electrons. The Morgan fingerprint density at radius 2 is 1.30 bits per heavy atom. The Bertz CT molecular complexity index is 528. The highest BCUT2D eigenvalue weighted by molar-refractivity contribution is 7.62. The van der Waals surface area contributed by atoms with Gasteiger partial charge in [-0.3, -0.25) is 4.57 Å². The van der Waals surface area contributed by atoms with Crippen LogP contribution in [0.15, 0.2) is 24.3 Å². The van der Waals surface area contributed by atoms with Crippen LogP contribution in [0.25, 0.3) is 0 Å². The first kappa shape index (κ1) is 20.0. The quantitative estimate of drug-likeness (QED) is 0.538. The van der Waals surface area contributed by atoms with Gasteiger partial charge in [-0.15, -0.1) is 0 Å². The lowest BCUT2D eigenvalue weighted by Crippen LogP contribution is -2.34. The lowest BCUT2D eigenvalue weighted by atomic mass is 9.98. The standard InChI is InChI=1S/C13H15F6O3P/c1-3-21-23(20,22-4-2)10-7-5-9(6-8-10)11(12(14,15)16)13(17,18)19/h5-8,11H,3-4H2,1-2H3. The van der Waals surface area contributed by atoms with Crippen LogP contribution in [0.1, 0.15) is 25.3 Å². The molecule has 1 rings (SSSR count). The number of benzene rings is 1. The van der Waals surface area contributed by atoms with Gasteiger partial charge in [-0.25, -0.2) is 0 Å². The highest BCUT2D eigenvalue weighted by atomic mass is 31.2. The van der Waals surface area contributed by atoms with Gasteiger partial charge in [0.2, 0.25) is 0 Å². The molecule has 0 radical (unpaired) electrons. The third-order valence-corrected chi connectivity index (χ3v) is 4.92. The summed E-state index contributed by atoms with van der Waals surface area (Å²) in [6, 6.07) is 3.05. The zero-order valence-corrected chi connectivity index (χ0v) is 13.1. The van der Waals surface area contributed by atoms with Crippen molar-refractivity contribution < 1.29 is 40.0 Å². The van der Waals surface area contributed by atoms with Crippen LogP contribution in [0.2, 0.25) is 0 Å². The molecule has 0 spiro atoms. The van der Waals surface area contributed by atoms with E-state index in [0.717, 1.165) is 12.1 Å². The van der Waals surface area contributed by atoms with Crippen LogP contribution in [0.3, 0.4) is 0 Å². The summed E-state index contributed by atoms with van der Waals surface area (Å²) in [5.41, 5.74) is -0.992. The summed E-state index contributed by atoms with van der Waals surface area (Å²) in [6.07, 6.45) is -11.0. The predicted molar refractivity (Wildman–Crippen MR) is 71.8 cm³/mol. The van der Waals surface area contributed by atoms with Crippen molar-refractivity contribution in [3.05, 3.63) is 29.8 Å². The lowest BCUT2D eigenvalue weighted by Gasteiger charge is -2.24. The van der Waals surface area contributed by atoms with E-state index in [1.807, 2.05) is 0 Å². The molecule has 1 aromatic rings. The van der Waals surface area contributed by atoms with Crippen molar-refractivity contribution in [1.29, 1.82) is 0 Å². The molecule has 3 nitrogen and oxygen atoms in total. The molecule has 0 amide bonds. The summed E-state index contributed by atoms with van der Waals surface area (Å²) in [7, 11) is -3.77. The van der Waals surface area contributed by atoms with Crippen molar-refractivity contribution in [1.82, 2.24) is 0 Å². The van der Waals surface area contributed by atoms with Gasteiger partial charge in [0.1, 0.15) is 0 Å². The van der Waals surface area contributed by atoms with Crippen molar-refractivity contribution in [3.8, 4) is 0 Å². The zero-order chi connectivity index (χ0) is 17.9. The Balaban J connectivity index is 3.23. The molecular formula is C13H15F6O3P. The maximum Gasteiger partial charge on any atom is 0.404 e. The molecule has 0 aliphatic rings. The monoisotopic (exact) mass is 364 g/mol. The van der Waals surface area contributed by atoms with Crippen LogP contribution in [-0.2, 0) is 13.6 Å². The molecule has 0 atom stereocenters. The number of hydrogen-bond donors (Lipinski definition) is 0.